The quantitative estimate of drug-likeness (QED) is 0.131. The van der Waals surface area contributed by atoms with Crippen LogP contribution in [0, 0.1) is 17.8 Å². The van der Waals surface area contributed by atoms with E-state index in [0.717, 1.165) is 10.0 Å². The Bertz CT molecular complexity index is 1480. The molecule has 3 aromatic rings. The lowest BCUT2D eigenvalue weighted by Crippen LogP contribution is -2.52. The third-order valence-electron chi connectivity index (χ3n) is 6.83. The molecule has 3 atom stereocenters. The first-order chi connectivity index (χ1) is 18.8. The van der Waals surface area contributed by atoms with E-state index in [4.69, 9.17) is 16.3 Å². The molecule has 0 spiro atoms. The maximum Gasteiger partial charge on any atom is 0.353 e. The van der Waals surface area contributed by atoms with Gasteiger partial charge in [-0.15, -0.1) is 11.3 Å². The van der Waals surface area contributed by atoms with E-state index in [2.05, 4.69) is 0 Å². The molecule has 3 amide bonds. The van der Waals surface area contributed by atoms with Gasteiger partial charge in [-0.3, -0.25) is 19.2 Å². The molecule has 0 N–H and O–H groups in total. The van der Waals surface area contributed by atoms with Crippen LogP contribution in [-0.4, -0.2) is 46.0 Å². The fourth-order valence-corrected chi connectivity index (χ4v) is 5.68. The summed E-state index contributed by atoms with van der Waals surface area (Å²) in [6.45, 7) is 1.28. The summed E-state index contributed by atoms with van der Waals surface area (Å²) >= 11 is 7.51. The van der Waals surface area contributed by atoms with Crippen LogP contribution in [0.15, 0.2) is 78.2 Å². The molecule has 0 radical (unpaired) electrons. The number of benzene rings is 2. The molecule has 2 heterocycles. The highest BCUT2D eigenvalue weighted by Crippen LogP contribution is 2.39. The minimum atomic E-state index is -0.739. The standard InChI is InChI=1S/C29H23ClN2O6S/c1-17-6-4-8-21-25(17)28(36)32(27(21)35)31(26(34)20-7-2-3-9-22(20)30)16-23(33)18-11-13-19(14-12-18)38-29(37)24-10-5-15-39-24/h2-7,9-15,17,21,25H,8,16H2,1H3/t17-,21-,25+/m1/s1. The second kappa shape index (κ2) is 11.0. The third-order valence-corrected chi connectivity index (χ3v) is 8.01. The Hall–Kier alpha value is -4.08. The van der Waals surface area contributed by atoms with Gasteiger partial charge >= 0.3 is 5.97 Å². The number of allylic oxidation sites excluding steroid dienone is 2. The largest absolute Gasteiger partial charge is 0.422 e. The highest BCUT2D eigenvalue weighted by Gasteiger charge is 2.53. The molecule has 0 saturated carbocycles. The molecule has 0 bridgehead atoms. The molecule has 1 aliphatic carbocycles. The molecular formula is C29H23ClN2O6S. The number of fused-ring (bicyclic) bond motifs is 1. The normalized spacial score (nSPS) is 20.1. The van der Waals surface area contributed by atoms with Crippen molar-refractivity contribution in [2.75, 3.05) is 6.54 Å². The average Bonchev–Trinajstić information content (AvgIpc) is 3.56. The van der Waals surface area contributed by atoms with Crippen LogP contribution in [0.2, 0.25) is 5.02 Å². The molecule has 8 nitrogen and oxygen atoms in total. The van der Waals surface area contributed by atoms with E-state index in [1.807, 2.05) is 19.1 Å². The number of nitrogens with zero attached hydrogens (tertiary/aromatic N) is 2. The minimum absolute atomic E-state index is 0.0597. The molecule has 1 aliphatic heterocycles. The van der Waals surface area contributed by atoms with Gasteiger partial charge in [0.2, 0.25) is 0 Å². The van der Waals surface area contributed by atoms with Gasteiger partial charge in [0.05, 0.1) is 22.4 Å². The number of hydrogen-bond acceptors (Lipinski definition) is 7. The maximum absolute atomic E-state index is 13.7. The van der Waals surface area contributed by atoms with E-state index in [1.54, 1.807) is 29.6 Å². The smallest absolute Gasteiger partial charge is 0.353 e. The number of hydrazine groups is 1. The number of esters is 1. The number of amides is 3. The number of ketones is 1. The van der Waals surface area contributed by atoms with E-state index in [1.165, 1.54) is 47.7 Å². The summed E-state index contributed by atoms with van der Waals surface area (Å²) in [6, 6.07) is 15.5. The molecule has 198 valence electrons. The number of Topliss-reactive ketones (excluding diaryl/α,β-unsaturated/α-hetero) is 1. The number of carbonyl (C=O) groups excluding carboxylic acids is 5. The Labute approximate surface area is 233 Å². The number of carbonyl (C=O) groups is 5. The van der Waals surface area contributed by atoms with Crippen LogP contribution in [0.3, 0.4) is 0 Å². The third kappa shape index (κ3) is 5.15. The molecule has 5 rings (SSSR count). The average molecular weight is 563 g/mol. The zero-order chi connectivity index (χ0) is 27.7. The van der Waals surface area contributed by atoms with Gasteiger partial charge in [0, 0.05) is 5.56 Å². The lowest BCUT2D eigenvalue weighted by molar-refractivity contribution is -0.154. The zero-order valence-electron chi connectivity index (χ0n) is 20.8. The lowest BCUT2D eigenvalue weighted by atomic mass is 9.78. The molecule has 1 saturated heterocycles. The SMILES string of the molecule is C[C@@H]1C=CC[C@H]2C(=O)N(N(CC(=O)c3ccc(OC(=O)c4cccs4)cc3)C(=O)c3ccccc3Cl)C(=O)[C@@H]12. The van der Waals surface area contributed by atoms with Crippen LogP contribution in [-0.2, 0) is 9.59 Å². The number of hydrogen-bond donors (Lipinski definition) is 0. The second-order valence-electron chi connectivity index (χ2n) is 9.30. The second-order valence-corrected chi connectivity index (χ2v) is 10.7. The van der Waals surface area contributed by atoms with Gasteiger partial charge in [-0.05, 0) is 60.2 Å². The highest BCUT2D eigenvalue weighted by molar-refractivity contribution is 7.12. The van der Waals surface area contributed by atoms with Gasteiger partial charge in [0.25, 0.3) is 17.7 Å². The van der Waals surface area contributed by atoms with Crippen LogP contribution in [0.4, 0.5) is 0 Å². The summed E-state index contributed by atoms with van der Waals surface area (Å²) in [5.74, 6) is -3.99. The van der Waals surface area contributed by atoms with Crippen molar-refractivity contribution < 1.29 is 28.7 Å². The van der Waals surface area contributed by atoms with Crippen molar-refractivity contribution in [3.8, 4) is 5.75 Å². The first kappa shape index (κ1) is 26.5. The first-order valence-corrected chi connectivity index (χ1v) is 13.5. The van der Waals surface area contributed by atoms with Gasteiger partial charge < -0.3 is 4.74 Å². The van der Waals surface area contributed by atoms with Gasteiger partial charge in [-0.2, -0.15) is 5.01 Å². The molecule has 1 aromatic heterocycles. The first-order valence-electron chi connectivity index (χ1n) is 12.3. The van der Waals surface area contributed by atoms with E-state index in [0.29, 0.717) is 11.3 Å². The Morgan fingerprint density at radius 3 is 2.44 bits per heavy atom. The Morgan fingerprint density at radius 2 is 1.77 bits per heavy atom. The molecule has 39 heavy (non-hydrogen) atoms. The summed E-state index contributed by atoms with van der Waals surface area (Å²) in [6.07, 6.45) is 4.12. The summed E-state index contributed by atoms with van der Waals surface area (Å²) in [5, 5.41) is 3.60. The van der Waals surface area contributed by atoms with Crippen molar-refractivity contribution in [2.24, 2.45) is 17.8 Å². The summed E-state index contributed by atoms with van der Waals surface area (Å²) in [7, 11) is 0. The number of ether oxygens (including phenoxy) is 1. The topological polar surface area (TPSA) is 101 Å². The van der Waals surface area contributed by atoms with Gasteiger partial charge in [-0.25, -0.2) is 9.80 Å². The summed E-state index contributed by atoms with van der Waals surface area (Å²) in [5.41, 5.74) is 0.263. The number of thiophene rings is 1. The van der Waals surface area contributed by atoms with Gasteiger partial charge in [0.15, 0.2) is 5.78 Å². The van der Waals surface area contributed by atoms with Crippen molar-refractivity contribution in [3.63, 3.8) is 0 Å². The van der Waals surface area contributed by atoms with Crippen molar-refractivity contribution in [1.29, 1.82) is 0 Å². The molecule has 0 unspecified atom stereocenters. The Balaban J connectivity index is 1.41. The Kier molecular flexibility index (Phi) is 7.45. The maximum atomic E-state index is 13.7. The summed E-state index contributed by atoms with van der Waals surface area (Å²) in [4.78, 5) is 66.5. The van der Waals surface area contributed by atoms with Crippen molar-refractivity contribution in [2.45, 2.75) is 13.3 Å². The zero-order valence-corrected chi connectivity index (χ0v) is 22.4. The predicted octanol–water partition coefficient (Wildman–Crippen LogP) is 5.06. The lowest BCUT2D eigenvalue weighted by Gasteiger charge is -2.30. The van der Waals surface area contributed by atoms with Crippen LogP contribution >= 0.6 is 22.9 Å². The minimum Gasteiger partial charge on any atom is -0.422 e. The monoisotopic (exact) mass is 562 g/mol. The predicted molar refractivity (Wildman–Crippen MR) is 144 cm³/mol. The molecule has 10 heteroatoms. The van der Waals surface area contributed by atoms with E-state index in [-0.39, 0.29) is 27.8 Å². The summed E-state index contributed by atoms with van der Waals surface area (Å²) < 4.78 is 5.34. The van der Waals surface area contributed by atoms with Crippen molar-refractivity contribution in [3.05, 3.63) is 99.2 Å². The van der Waals surface area contributed by atoms with Crippen LogP contribution in [0.1, 0.15) is 43.7 Å². The molecular weight excluding hydrogens is 540 g/mol. The molecule has 1 fully saturated rings. The van der Waals surface area contributed by atoms with Crippen LogP contribution in [0.5, 0.6) is 5.75 Å². The van der Waals surface area contributed by atoms with Crippen LogP contribution < -0.4 is 4.74 Å². The fraction of sp³-hybridized carbons (Fsp3) is 0.207. The van der Waals surface area contributed by atoms with E-state index < -0.39 is 47.9 Å². The van der Waals surface area contributed by atoms with Crippen molar-refractivity contribution in [1.82, 2.24) is 10.0 Å². The van der Waals surface area contributed by atoms with Gasteiger partial charge in [-0.1, -0.05) is 48.9 Å². The van der Waals surface area contributed by atoms with E-state index >= 15 is 0 Å². The number of halogens is 1. The molecule has 2 aliphatic rings. The Morgan fingerprint density at radius 1 is 1.03 bits per heavy atom. The van der Waals surface area contributed by atoms with Crippen LogP contribution in [0.25, 0.3) is 0 Å². The highest BCUT2D eigenvalue weighted by atomic mass is 35.5. The number of imide groups is 1. The van der Waals surface area contributed by atoms with Crippen molar-refractivity contribution >= 4 is 52.4 Å². The fourth-order valence-electron chi connectivity index (χ4n) is 4.86. The van der Waals surface area contributed by atoms with E-state index in [9.17, 15) is 24.0 Å². The number of rotatable bonds is 7. The van der Waals surface area contributed by atoms with Gasteiger partial charge in [0.1, 0.15) is 17.2 Å². The molecule has 2 aromatic carbocycles.